The fourth-order valence-electron chi connectivity index (χ4n) is 3.78. The lowest BCUT2D eigenvalue weighted by atomic mass is 9.94. The fraction of sp³-hybridized carbons (Fsp3) is 0.400. The number of aromatic nitrogens is 2. The van der Waals surface area contributed by atoms with Crippen molar-refractivity contribution in [2.75, 3.05) is 24.6 Å². The zero-order valence-corrected chi connectivity index (χ0v) is 15.0. The van der Waals surface area contributed by atoms with Crippen LogP contribution >= 0.6 is 0 Å². The predicted octanol–water partition coefficient (Wildman–Crippen LogP) is 2.47. The Bertz CT molecular complexity index is 843. The Hall–Kier alpha value is -2.98. The van der Waals surface area contributed by atoms with E-state index in [1.54, 1.807) is 11.1 Å². The topological polar surface area (TPSA) is 82.4 Å². The van der Waals surface area contributed by atoms with Crippen LogP contribution in [0.3, 0.4) is 0 Å². The number of amides is 1. The fourth-order valence-corrected chi connectivity index (χ4v) is 3.78. The first-order valence-electron chi connectivity index (χ1n) is 9.24. The number of hydroxylamine groups is 2. The number of carbonyl (C=O) groups excluding carboxylic acids is 1. The number of hydrogen-bond donors (Lipinski definition) is 0. The average molecular weight is 363 g/mol. The third-order valence-corrected chi connectivity index (χ3v) is 5.24. The SMILES string of the molecule is N#Cc1cc(N2CCC(C(=O)N3OCC[C@H]3c3ccccc3)CC2)ncn1. The van der Waals surface area contributed by atoms with Gasteiger partial charge in [-0.3, -0.25) is 9.63 Å². The van der Waals surface area contributed by atoms with Gasteiger partial charge < -0.3 is 4.90 Å². The van der Waals surface area contributed by atoms with Gasteiger partial charge in [0.2, 0.25) is 5.91 Å². The van der Waals surface area contributed by atoms with Crippen LogP contribution in [-0.4, -0.2) is 40.6 Å². The van der Waals surface area contributed by atoms with E-state index >= 15 is 0 Å². The van der Waals surface area contributed by atoms with Crippen molar-refractivity contribution in [3.05, 3.63) is 54.0 Å². The second-order valence-electron chi connectivity index (χ2n) is 6.85. The number of carbonyl (C=O) groups is 1. The predicted molar refractivity (Wildman–Crippen MR) is 98.3 cm³/mol. The van der Waals surface area contributed by atoms with Gasteiger partial charge in [0.1, 0.15) is 23.9 Å². The van der Waals surface area contributed by atoms with Crippen LogP contribution in [0.1, 0.15) is 36.6 Å². The number of nitriles is 1. The lowest BCUT2D eigenvalue weighted by Gasteiger charge is -2.34. The summed E-state index contributed by atoms with van der Waals surface area (Å²) in [7, 11) is 0. The summed E-state index contributed by atoms with van der Waals surface area (Å²) in [6.45, 7) is 2.02. The van der Waals surface area contributed by atoms with Crippen molar-refractivity contribution < 1.29 is 9.63 Å². The van der Waals surface area contributed by atoms with Gasteiger partial charge in [0.15, 0.2) is 0 Å². The molecule has 1 aromatic carbocycles. The summed E-state index contributed by atoms with van der Waals surface area (Å²) in [6, 6.07) is 13.8. The number of benzene rings is 1. The molecule has 0 saturated carbocycles. The van der Waals surface area contributed by atoms with Gasteiger partial charge in [-0.1, -0.05) is 30.3 Å². The number of hydrogen-bond acceptors (Lipinski definition) is 6. The molecule has 7 heteroatoms. The van der Waals surface area contributed by atoms with E-state index in [1.165, 1.54) is 6.33 Å². The molecule has 0 N–H and O–H groups in total. The van der Waals surface area contributed by atoms with Crippen molar-refractivity contribution in [3.8, 4) is 6.07 Å². The summed E-state index contributed by atoms with van der Waals surface area (Å²) in [5, 5.41) is 10.6. The first-order valence-corrected chi connectivity index (χ1v) is 9.24. The molecule has 0 aliphatic carbocycles. The molecular formula is C20H21N5O2. The molecule has 27 heavy (non-hydrogen) atoms. The van der Waals surface area contributed by atoms with E-state index in [0.717, 1.165) is 43.7 Å². The molecule has 1 atom stereocenters. The van der Waals surface area contributed by atoms with Crippen LogP contribution in [0.2, 0.25) is 0 Å². The quantitative estimate of drug-likeness (QED) is 0.833. The van der Waals surface area contributed by atoms with E-state index in [0.29, 0.717) is 12.3 Å². The molecular weight excluding hydrogens is 342 g/mol. The molecule has 7 nitrogen and oxygen atoms in total. The van der Waals surface area contributed by atoms with E-state index in [1.807, 2.05) is 36.4 Å². The van der Waals surface area contributed by atoms with Gasteiger partial charge in [-0.2, -0.15) is 5.26 Å². The summed E-state index contributed by atoms with van der Waals surface area (Å²) in [5.41, 5.74) is 1.47. The molecule has 2 aliphatic heterocycles. The minimum Gasteiger partial charge on any atom is -0.356 e. The second kappa shape index (κ2) is 7.72. The highest BCUT2D eigenvalue weighted by atomic mass is 16.7. The van der Waals surface area contributed by atoms with Gasteiger partial charge in [-0.25, -0.2) is 15.0 Å². The third kappa shape index (κ3) is 3.62. The van der Waals surface area contributed by atoms with Gasteiger partial charge in [0.25, 0.3) is 0 Å². The molecule has 4 rings (SSSR count). The van der Waals surface area contributed by atoms with Crippen LogP contribution in [0.15, 0.2) is 42.7 Å². The van der Waals surface area contributed by atoms with E-state index in [2.05, 4.69) is 14.9 Å². The normalized spacial score (nSPS) is 20.5. The Labute approximate surface area is 158 Å². The van der Waals surface area contributed by atoms with E-state index in [4.69, 9.17) is 10.1 Å². The summed E-state index contributed by atoms with van der Waals surface area (Å²) in [4.78, 5) is 29.0. The molecule has 0 bridgehead atoms. The Morgan fingerprint density at radius 1 is 1.15 bits per heavy atom. The molecule has 2 aliphatic rings. The monoisotopic (exact) mass is 363 g/mol. The number of nitrogens with zero attached hydrogens (tertiary/aromatic N) is 5. The minimum atomic E-state index is -0.0529. The van der Waals surface area contributed by atoms with Crippen molar-refractivity contribution in [2.45, 2.75) is 25.3 Å². The van der Waals surface area contributed by atoms with Crippen LogP contribution in [0.5, 0.6) is 0 Å². The Kier molecular flexibility index (Phi) is 4.99. The molecule has 1 aromatic heterocycles. The average Bonchev–Trinajstić information content (AvgIpc) is 3.24. The van der Waals surface area contributed by atoms with Crippen LogP contribution in [0, 0.1) is 17.2 Å². The van der Waals surface area contributed by atoms with Crippen LogP contribution in [-0.2, 0) is 9.63 Å². The first-order chi connectivity index (χ1) is 13.3. The highest BCUT2D eigenvalue weighted by molar-refractivity contribution is 5.79. The molecule has 3 heterocycles. The Balaban J connectivity index is 1.40. The second-order valence-corrected chi connectivity index (χ2v) is 6.85. The van der Waals surface area contributed by atoms with Crippen LogP contribution in [0.25, 0.3) is 0 Å². The zero-order valence-electron chi connectivity index (χ0n) is 15.0. The maximum Gasteiger partial charge on any atom is 0.249 e. The Morgan fingerprint density at radius 2 is 1.93 bits per heavy atom. The smallest absolute Gasteiger partial charge is 0.249 e. The summed E-state index contributed by atoms with van der Waals surface area (Å²) >= 11 is 0. The van der Waals surface area contributed by atoms with Crippen molar-refractivity contribution >= 4 is 11.7 Å². The Morgan fingerprint density at radius 3 is 2.67 bits per heavy atom. The zero-order chi connectivity index (χ0) is 18.6. The molecule has 2 aromatic rings. The van der Waals surface area contributed by atoms with Gasteiger partial charge in [0, 0.05) is 31.5 Å². The van der Waals surface area contributed by atoms with Crippen molar-refractivity contribution in [1.82, 2.24) is 15.0 Å². The lowest BCUT2D eigenvalue weighted by Crippen LogP contribution is -2.42. The minimum absolute atomic E-state index is 0.00298. The summed E-state index contributed by atoms with van der Waals surface area (Å²) < 4.78 is 0. The molecule has 2 saturated heterocycles. The van der Waals surface area contributed by atoms with Gasteiger partial charge in [0.05, 0.1) is 12.6 Å². The molecule has 0 unspecified atom stereocenters. The molecule has 2 fully saturated rings. The summed E-state index contributed by atoms with van der Waals surface area (Å²) in [6.07, 6.45) is 3.72. The first kappa shape index (κ1) is 17.4. The molecule has 0 radical (unpaired) electrons. The third-order valence-electron chi connectivity index (χ3n) is 5.24. The maximum absolute atomic E-state index is 13.0. The van der Waals surface area contributed by atoms with Crippen molar-refractivity contribution in [2.24, 2.45) is 5.92 Å². The van der Waals surface area contributed by atoms with Crippen LogP contribution in [0.4, 0.5) is 5.82 Å². The number of anilines is 1. The van der Waals surface area contributed by atoms with E-state index in [9.17, 15) is 4.79 Å². The highest BCUT2D eigenvalue weighted by Crippen LogP contribution is 2.33. The number of piperidine rings is 1. The lowest BCUT2D eigenvalue weighted by molar-refractivity contribution is -0.182. The van der Waals surface area contributed by atoms with Crippen LogP contribution < -0.4 is 4.90 Å². The standard InChI is InChI=1S/C20H21N5O2/c21-13-17-12-19(23-14-22-17)24-9-6-16(7-10-24)20(26)25-18(8-11-27-25)15-4-2-1-3-5-15/h1-5,12,14,16,18H,6-11H2/t18-/m0/s1. The molecule has 138 valence electrons. The summed E-state index contributed by atoms with van der Waals surface area (Å²) in [5.74, 6) is 0.760. The highest BCUT2D eigenvalue weighted by Gasteiger charge is 2.37. The molecule has 1 amide bonds. The van der Waals surface area contributed by atoms with E-state index < -0.39 is 0 Å². The largest absolute Gasteiger partial charge is 0.356 e. The van der Waals surface area contributed by atoms with E-state index in [-0.39, 0.29) is 17.9 Å². The van der Waals surface area contributed by atoms with Crippen molar-refractivity contribution in [1.29, 1.82) is 5.26 Å². The van der Waals surface area contributed by atoms with Gasteiger partial charge in [-0.05, 0) is 18.4 Å². The number of rotatable bonds is 3. The molecule has 0 spiro atoms. The van der Waals surface area contributed by atoms with Gasteiger partial charge in [-0.15, -0.1) is 0 Å². The van der Waals surface area contributed by atoms with Gasteiger partial charge >= 0.3 is 0 Å². The maximum atomic E-state index is 13.0. The van der Waals surface area contributed by atoms with Crippen molar-refractivity contribution in [3.63, 3.8) is 0 Å².